The second-order valence-corrected chi connectivity index (χ2v) is 8.25. The topological polar surface area (TPSA) is 51.1 Å². The number of rotatable bonds is 7. The first-order valence-corrected chi connectivity index (χ1v) is 11.3. The van der Waals surface area contributed by atoms with Gasteiger partial charge < -0.3 is 9.47 Å². The van der Waals surface area contributed by atoms with Crippen molar-refractivity contribution >= 4 is 34.6 Å². The maximum Gasteiger partial charge on any atom is 0.266 e. The summed E-state index contributed by atoms with van der Waals surface area (Å²) >= 11 is 1.35. The molecule has 1 saturated heterocycles. The number of carbonyl (C=O) groups is 1. The SMILES string of the molecule is CCN1C(=O)/C(=C\c2ccc(OCc3cccc(F)c3)cc2)SC1=Nc1ccc(OC)cc1. The number of benzene rings is 3. The molecular weight excluding hydrogens is 439 g/mol. The molecule has 4 rings (SSSR count). The van der Waals surface area contributed by atoms with Gasteiger partial charge in [-0.2, -0.15) is 0 Å². The molecule has 1 amide bonds. The summed E-state index contributed by atoms with van der Waals surface area (Å²) < 4.78 is 24.2. The van der Waals surface area contributed by atoms with Gasteiger partial charge in [0.15, 0.2) is 5.17 Å². The number of hydrogen-bond donors (Lipinski definition) is 0. The predicted molar refractivity (Wildman–Crippen MR) is 130 cm³/mol. The normalized spacial score (nSPS) is 16.0. The minimum Gasteiger partial charge on any atom is -0.497 e. The zero-order valence-electron chi connectivity index (χ0n) is 18.3. The van der Waals surface area contributed by atoms with Crippen LogP contribution in [0.1, 0.15) is 18.1 Å². The fraction of sp³-hybridized carbons (Fsp3) is 0.154. The van der Waals surface area contributed by atoms with Crippen molar-refractivity contribution in [3.8, 4) is 11.5 Å². The molecule has 5 nitrogen and oxygen atoms in total. The van der Waals surface area contributed by atoms with Crippen LogP contribution in [-0.4, -0.2) is 29.6 Å². The first-order chi connectivity index (χ1) is 16.1. The molecule has 0 atom stereocenters. The van der Waals surface area contributed by atoms with Crippen LogP contribution in [0.5, 0.6) is 11.5 Å². The molecule has 0 radical (unpaired) electrons. The Bertz CT molecular complexity index is 1190. The smallest absolute Gasteiger partial charge is 0.266 e. The summed E-state index contributed by atoms with van der Waals surface area (Å²) in [7, 11) is 1.62. The molecule has 0 N–H and O–H groups in total. The number of aliphatic imine (C=N–C) groups is 1. The second-order valence-electron chi connectivity index (χ2n) is 7.24. The highest BCUT2D eigenvalue weighted by Gasteiger charge is 2.32. The number of thioether (sulfide) groups is 1. The highest BCUT2D eigenvalue weighted by atomic mass is 32.2. The van der Waals surface area contributed by atoms with E-state index in [-0.39, 0.29) is 18.3 Å². The van der Waals surface area contributed by atoms with E-state index in [0.29, 0.717) is 22.4 Å². The van der Waals surface area contributed by atoms with Crippen molar-refractivity contribution in [1.82, 2.24) is 4.90 Å². The Labute approximate surface area is 196 Å². The number of methoxy groups -OCH3 is 1. The van der Waals surface area contributed by atoms with Crippen molar-refractivity contribution in [1.29, 1.82) is 0 Å². The first-order valence-electron chi connectivity index (χ1n) is 10.5. The van der Waals surface area contributed by atoms with Gasteiger partial charge in [-0.1, -0.05) is 24.3 Å². The maximum atomic E-state index is 13.3. The third-order valence-electron chi connectivity index (χ3n) is 4.97. The fourth-order valence-electron chi connectivity index (χ4n) is 3.24. The molecule has 0 aromatic heterocycles. The summed E-state index contributed by atoms with van der Waals surface area (Å²) in [5, 5.41) is 0.647. The number of carbonyl (C=O) groups excluding carboxylic acids is 1. The lowest BCUT2D eigenvalue weighted by Crippen LogP contribution is -2.28. The lowest BCUT2D eigenvalue weighted by Gasteiger charge is -2.12. The Morgan fingerprint density at radius 3 is 2.42 bits per heavy atom. The first kappa shape index (κ1) is 22.6. The van der Waals surface area contributed by atoms with E-state index in [4.69, 9.17) is 9.47 Å². The van der Waals surface area contributed by atoms with E-state index in [0.717, 1.165) is 22.6 Å². The molecule has 1 fully saturated rings. The summed E-state index contributed by atoms with van der Waals surface area (Å²) in [6, 6.07) is 21.2. The highest BCUT2D eigenvalue weighted by Crippen LogP contribution is 2.34. The summed E-state index contributed by atoms with van der Waals surface area (Å²) in [5.41, 5.74) is 2.40. The van der Waals surface area contributed by atoms with Crippen LogP contribution in [0.15, 0.2) is 82.7 Å². The number of amidine groups is 1. The summed E-state index contributed by atoms with van der Waals surface area (Å²) in [6.07, 6.45) is 1.85. The van der Waals surface area contributed by atoms with Crippen LogP contribution in [0.25, 0.3) is 6.08 Å². The minimum absolute atomic E-state index is 0.0683. The third kappa shape index (κ3) is 5.62. The van der Waals surface area contributed by atoms with E-state index < -0.39 is 0 Å². The van der Waals surface area contributed by atoms with Crippen molar-refractivity contribution in [3.63, 3.8) is 0 Å². The van der Waals surface area contributed by atoms with Gasteiger partial charge >= 0.3 is 0 Å². The molecule has 1 aliphatic rings. The van der Waals surface area contributed by atoms with Crippen molar-refractivity contribution in [2.24, 2.45) is 4.99 Å². The van der Waals surface area contributed by atoms with Crippen LogP contribution in [-0.2, 0) is 11.4 Å². The van der Waals surface area contributed by atoms with Crippen LogP contribution >= 0.6 is 11.8 Å². The Morgan fingerprint density at radius 1 is 1.03 bits per heavy atom. The Balaban J connectivity index is 1.46. The quantitative estimate of drug-likeness (QED) is 0.402. The predicted octanol–water partition coefficient (Wildman–Crippen LogP) is 6.04. The van der Waals surface area contributed by atoms with Crippen molar-refractivity contribution < 1.29 is 18.7 Å². The van der Waals surface area contributed by atoms with Crippen molar-refractivity contribution in [2.45, 2.75) is 13.5 Å². The molecule has 3 aromatic rings. The van der Waals surface area contributed by atoms with Gasteiger partial charge in [0.2, 0.25) is 0 Å². The standard InChI is InChI=1S/C26H23FN2O3S/c1-3-29-25(30)24(33-26(29)28-21-9-13-22(31-2)14-10-21)16-18-7-11-23(12-8-18)32-17-19-5-4-6-20(27)15-19/h4-16H,3,17H2,1-2H3/b24-16+,28-26?. The summed E-state index contributed by atoms with van der Waals surface area (Å²) in [6.45, 7) is 2.74. The number of ether oxygens (including phenoxy) is 2. The van der Waals surface area contributed by atoms with Gasteiger partial charge in [-0.05, 0) is 84.4 Å². The number of likely N-dealkylation sites (N-methyl/N-ethyl adjacent to an activating group) is 1. The molecule has 33 heavy (non-hydrogen) atoms. The molecule has 3 aromatic carbocycles. The Kier molecular flexibility index (Phi) is 7.10. The van der Waals surface area contributed by atoms with E-state index in [1.807, 2.05) is 67.6 Å². The molecule has 1 heterocycles. The van der Waals surface area contributed by atoms with Crippen LogP contribution < -0.4 is 9.47 Å². The second kappa shape index (κ2) is 10.4. The molecule has 0 aliphatic carbocycles. The molecule has 0 saturated carbocycles. The van der Waals surface area contributed by atoms with E-state index >= 15 is 0 Å². The highest BCUT2D eigenvalue weighted by molar-refractivity contribution is 8.18. The Morgan fingerprint density at radius 2 is 1.76 bits per heavy atom. The molecule has 168 valence electrons. The monoisotopic (exact) mass is 462 g/mol. The number of nitrogens with zero attached hydrogens (tertiary/aromatic N) is 2. The van der Waals surface area contributed by atoms with Crippen LogP contribution in [0.4, 0.5) is 10.1 Å². The van der Waals surface area contributed by atoms with Crippen LogP contribution in [0.2, 0.25) is 0 Å². The number of hydrogen-bond acceptors (Lipinski definition) is 5. The largest absolute Gasteiger partial charge is 0.497 e. The zero-order chi connectivity index (χ0) is 23.2. The van der Waals surface area contributed by atoms with E-state index in [9.17, 15) is 9.18 Å². The Hall–Kier alpha value is -3.58. The summed E-state index contributed by atoms with van der Waals surface area (Å²) in [5.74, 6) is 1.07. The molecular formula is C26H23FN2O3S. The van der Waals surface area contributed by atoms with Crippen molar-refractivity contribution in [3.05, 3.63) is 94.6 Å². The molecule has 7 heteroatoms. The van der Waals surface area contributed by atoms with E-state index in [2.05, 4.69) is 4.99 Å². The van der Waals surface area contributed by atoms with Crippen LogP contribution in [0.3, 0.4) is 0 Å². The van der Waals surface area contributed by atoms with E-state index in [1.54, 1.807) is 18.1 Å². The van der Waals surface area contributed by atoms with Gasteiger partial charge in [0.1, 0.15) is 23.9 Å². The lowest BCUT2D eigenvalue weighted by molar-refractivity contribution is -0.122. The van der Waals surface area contributed by atoms with Gasteiger partial charge in [0.25, 0.3) is 5.91 Å². The average molecular weight is 463 g/mol. The van der Waals surface area contributed by atoms with Crippen LogP contribution in [0, 0.1) is 5.82 Å². The van der Waals surface area contributed by atoms with Gasteiger partial charge in [-0.3, -0.25) is 9.69 Å². The number of amides is 1. The third-order valence-corrected chi connectivity index (χ3v) is 5.98. The van der Waals surface area contributed by atoms with Gasteiger partial charge in [0.05, 0.1) is 17.7 Å². The number of halogens is 1. The molecule has 1 aliphatic heterocycles. The van der Waals surface area contributed by atoms with Crippen molar-refractivity contribution in [2.75, 3.05) is 13.7 Å². The van der Waals surface area contributed by atoms with Gasteiger partial charge in [-0.15, -0.1) is 0 Å². The van der Waals surface area contributed by atoms with Gasteiger partial charge in [0, 0.05) is 6.54 Å². The van der Waals surface area contributed by atoms with Gasteiger partial charge in [-0.25, -0.2) is 9.38 Å². The average Bonchev–Trinajstić information content (AvgIpc) is 3.12. The maximum absolute atomic E-state index is 13.3. The lowest BCUT2D eigenvalue weighted by atomic mass is 10.2. The zero-order valence-corrected chi connectivity index (χ0v) is 19.1. The summed E-state index contributed by atoms with van der Waals surface area (Å²) in [4.78, 5) is 19.8. The molecule has 0 unspecified atom stereocenters. The molecule has 0 spiro atoms. The van der Waals surface area contributed by atoms with E-state index in [1.165, 1.54) is 23.9 Å². The minimum atomic E-state index is -0.284. The fourth-order valence-corrected chi connectivity index (χ4v) is 4.30. The molecule has 0 bridgehead atoms.